The number of Topliss-reactive ketones (excluding diaryl/α,β-unsaturated/α-hetero) is 1. The number of benzene rings is 1. The van der Waals surface area contributed by atoms with Gasteiger partial charge in [0.2, 0.25) is 0 Å². The Kier molecular flexibility index (Phi) is 22.2. The highest BCUT2D eigenvalue weighted by Gasteiger charge is 2.52. The monoisotopic (exact) mass is 1110 g/mol. The number of carbonyl (C=O) groups excluding carboxylic acids is 2. The Balaban J connectivity index is 1.20. The van der Waals surface area contributed by atoms with Crippen LogP contribution in [0.1, 0.15) is 131 Å². The van der Waals surface area contributed by atoms with Crippen LogP contribution in [0.25, 0.3) is 11.1 Å². The number of aliphatic hydroxyl groups is 3. The van der Waals surface area contributed by atoms with Gasteiger partial charge in [-0.1, -0.05) is 57.0 Å². The average molecular weight is 1110 g/mol. The average Bonchev–Trinajstić information content (AvgIpc) is 3.77. The lowest BCUT2D eigenvalue weighted by atomic mass is 9.70. The summed E-state index contributed by atoms with van der Waals surface area (Å²) in [5.74, 6) is 0.603. The van der Waals surface area contributed by atoms with Crippen LogP contribution >= 0.6 is 0 Å². The van der Waals surface area contributed by atoms with E-state index in [9.17, 15) is 29.3 Å². The van der Waals surface area contributed by atoms with Crippen molar-refractivity contribution in [2.45, 2.75) is 200 Å². The standard InChI is InChI=1S/C61H95FN6O11/c1-17-51-61(12,73)55(70)41(7)66(14)34-37(3)30-59(10,18-2)57(39(5)54(40(6)58(72)77-51)78-53-31-60(11,74-16)56(71)43(9)76-53)79-52-29-49(27-38(4)75-52)65(13)26-25-48-36-68(64-67(48)15)35-45(32-62)28-44-19-21-46(22-20-44)47-23-24-50(42(8)69)63-33-47/h2,19-24,33,36-41,43,45,49,51-57,64,70-71,73H,17,25-32,34-35H2,1,3-16H3/t37-,38-,39+,40-,41-,43+,45+,49+,51-,52+,53+,54+,55-,56+,57-,59+,60-,61-/m1/s1. The quantitative estimate of drug-likeness (QED) is 0.0708. The van der Waals surface area contributed by atoms with Gasteiger partial charge in [-0.25, -0.2) is 0 Å². The van der Waals surface area contributed by atoms with Crippen molar-refractivity contribution in [1.82, 2.24) is 30.3 Å². The molecule has 0 amide bonds. The van der Waals surface area contributed by atoms with Crippen molar-refractivity contribution in [2.75, 3.05) is 54.6 Å². The molecule has 4 N–H and O–H groups in total. The minimum absolute atomic E-state index is 0.0279. The Bertz CT molecular complexity index is 2380. The summed E-state index contributed by atoms with van der Waals surface area (Å²) in [6.07, 6.45) is 6.48. The van der Waals surface area contributed by atoms with Gasteiger partial charge in [0.05, 0.1) is 48.0 Å². The number of ketones is 1. The number of ether oxygens (including phenoxy) is 6. The van der Waals surface area contributed by atoms with Gasteiger partial charge < -0.3 is 53.5 Å². The molecule has 0 unspecified atom stereocenters. The molecule has 1 aromatic heterocycles. The fraction of sp³-hybridized carbons (Fsp3) is 0.721. The maximum atomic E-state index is 14.6. The molecule has 3 saturated heterocycles. The number of aliphatic hydroxyl groups excluding tert-OH is 2. The molecule has 0 radical (unpaired) electrons. The first-order valence-electron chi connectivity index (χ1n) is 28.6. The number of aromatic nitrogens is 1. The number of rotatable bonds is 17. The molecule has 5 heterocycles. The van der Waals surface area contributed by atoms with E-state index in [1.165, 1.54) is 21.0 Å². The van der Waals surface area contributed by atoms with Gasteiger partial charge >= 0.3 is 5.97 Å². The number of hydrogen-bond acceptors (Lipinski definition) is 17. The highest BCUT2D eigenvalue weighted by atomic mass is 19.1. The first kappa shape index (κ1) is 64.1. The molecule has 18 atom stereocenters. The summed E-state index contributed by atoms with van der Waals surface area (Å²) in [4.78, 5) is 34.9. The second kappa shape index (κ2) is 27.3. The van der Waals surface area contributed by atoms with Gasteiger partial charge in [-0.3, -0.25) is 29.0 Å². The fourth-order valence-corrected chi connectivity index (χ4v) is 12.5. The zero-order valence-electron chi connectivity index (χ0n) is 49.9. The molecule has 6 rings (SSSR count). The van der Waals surface area contributed by atoms with Crippen LogP contribution in [0.4, 0.5) is 4.39 Å². The number of pyridine rings is 1. The molecule has 0 aliphatic carbocycles. The number of nitrogens with zero attached hydrogens (tertiary/aromatic N) is 5. The van der Waals surface area contributed by atoms with Crippen molar-refractivity contribution in [3.05, 3.63) is 65.7 Å². The summed E-state index contributed by atoms with van der Waals surface area (Å²) >= 11 is 0. The molecule has 79 heavy (non-hydrogen) atoms. The van der Waals surface area contributed by atoms with E-state index in [0.29, 0.717) is 38.0 Å². The van der Waals surface area contributed by atoms with Gasteiger partial charge in [-0.05, 0) is 111 Å². The van der Waals surface area contributed by atoms with Crippen molar-refractivity contribution in [2.24, 2.45) is 29.1 Å². The smallest absolute Gasteiger partial charge is 0.311 e. The Morgan fingerprint density at radius 1 is 0.987 bits per heavy atom. The number of esters is 1. The van der Waals surface area contributed by atoms with Crippen molar-refractivity contribution in [3.8, 4) is 23.5 Å². The van der Waals surface area contributed by atoms with Crippen LogP contribution < -0.4 is 5.53 Å². The SMILES string of the molecule is C#C[C@@]1(C)C[C@@H](C)CN(C)[C@H](C)[C@@H](O)[C@](C)(O)[C@@H](CC)OC(=O)[C@H](C)[C@@H](O[C@H]2C[C@@](C)(OC)[C@@H](O)[C@H](C)O2)[C@H](C)[C@H]1O[C@H]1C[C@@H](N(C)CCC2=CN(C[C@H](CF)Cc3ccc(-c4ccc(C(C)=O)nc4)cc3)NN2C)C[C@@H](C)O1. The number of hydrazine groups is 2. The highest BCUT2D eigenvalue weighted by molar-refractivity contribution is 5.92. The van der Waals surface area contributed by atoms with E-state index in [1.54, 1.807) is 40.0 Å². The second-order valence-corrected chi connectivity index (χ2v) is 24.4. The molecule has 18 heteroatoms. The number of nitrogens with one attached hydrogen (secondary N) is 1. The second-order valence-electron chi connectivity index (χ2n) is 24.4. The number of alkyl halides is 1. The van der Waals surface area contributed by atoms with Gasteiger partial charge in [-0.2, -0.15) is 0 Å². The van der Waals surface area contributed by atoms with Crippen LogP contribution in [0.5, 0.6) is 0 Å². The maximum absolute atomic E-state index is 14.6. The number of likely N-dealkylation sites (N-methyl/N-ethyl adjacent to an activating group) is 1. The molecule has 0 spiro atoms. The number of halogens is 1. The number of carbonyl (C=O) groups is 2. The maximum Gasteiger partial charge on any atom is 0.311 e. The molecule has 4 aliphatic rings. The predicted molar refractivity (Wildman–Crippen MR) is 301 cm³/mol. The van der Waals surface area contributed by atoms with Crippen molar-refractivity contribution in [3.63, 3.8) is 0 Å². The number of terminal acetylenes is 1. The Morgan fingerprint density at radius 3 is 2.28 bits per heavy atom. The van der Waals surface area contributed by atoms with E-state index in [-0.39, 0.29) is 42.6 Å². The van der Waals surface area contributed by atoms with E-state index in [4.69, 9.17) is 34.8 Å². The summed E-state index contributed by atoms with van der Waals surface area (Å²) in [6.45, 7) is 21.4. The third kappa shape index (κ3) is 15.5. The molecule has 442 valence electrons. The first-order chi connectivity index (χ1) is 37.2. The number of hydrogen-bond donors (Lipinski definition) is 4. The Labute approximate surface area is 470 Å². The van der Waals surface area contributed by atoms with E-state index in [2.05, 4.69) is 41.5 Å². The highest BCUT2D eigenvalue weighted by Crippen LogP contribution is 2.43. The van der Waals surface area contributed by atoms with E-state index in [0.717, 1.165) is 41.8 Å². The van der Waals surface area contributed by atoms with Gasteiger partial charge in [0.25, 0.3) is 0 Å². The van der Waals surface area contributed by atoms with Gasteiger partial charge in [-0.15, -0.1) is 12.0 Å². The van der Waals surface area contributed by atoms with Gasteiger partial charge in [0.15, 0.2) is 18.4 Å². The normalized spacial score (nSPS) is 36.9. The van der Waals surface area contributed by atoms with Crippen molar-refractivity contribution >= 4 is 11.8 Å². The van der Waals surface area contributed by atoms with Crippen molar-refractivity contribution in [1.29, 1.82) is 0 Å². The summed E-state index contributed by atoms with van der Waals surface area (Å²) in [7, 11) is 7.53. The van der Waals surface area contributed by atoms with Crippen LogP contribution in [0.3, 0.4) is 0 Å². The van der Waals surface area contributed by atoms with E-state index in [1.807, 2.05) is 87.0 Å². The largest absolute Gasteiger partial charge is 0.459 e. The zero-order chi connectivity index (χ0) is 58.3. The molecule has 0 saturated carbocycles. The molecular weight excluding hydrogens is 1010 g/mol. The van der Waals surface area contributed by atoms with Crippen LogP contribution in [-0.4, -0.2) is 185 Å². The fourth-order valence-electron chi connectivity index (χ4n) is 12.5. The van der Waals surface area contributed by atoms with Crippen LogP contribution in [0, 0.1) is 41.4 Å². The molecular formula is C61H95FN6O11. The van der Waals surface area contributed by atoms with Gasteiger partial charge in [0.1, 0.15) is 29.6 Å². The molecule has 1 aromatic carbocycles. The van der Waals surface area contributed by atoms with E-state index < -0.39 is 96.3 Å². The topological polar surface area (TPSA) is 188 Å². The Morgan fingerprint density at radius 2 is 1.67 bits per heavy atom. The van der Waals surface area contributed by atoms with Crippen molar-refractivity contribution < 1.29 is 57.7 Å². The summed E-state index contributed by atoms with van der Waals surface area (Å²) < 4.78 is 54.0. The van der Waals surface area contributed by atoms with E-state index >= 15 is 0 Å². The van der Waals surface area contributed by atoms with Crippen LogP contribution in [-0.2, 0) is 39.6 Å². The van der Waals surface area contributed by atoms with Crippen LogP contribution in [0.15, 0.2) is 54.5 Å². The van der Waals surface area contributed by atoms with Gasteiger partial charge in [0, 0.05) is 108 Å². The molecule has 2 aromatic rings. The Hall–Kier alpha value is -4.10. The zero-order valence-corrected chi connectivity index (χ0v) is 49.9. The molecule has 17 nitrogen and oxygen atoms in total. The summed E-state index contributed by atoms with van der Waals surface area (Å²) in [5.41, 5.74) is 4.01. The van der Waals surface area contributed by atoms with Crippen LogP contribution in [0.2, 0.25) is 0 Å². The molecule has 4 aliphatic heterocycles. The summed E-state index contributed by atoms with van der Waals surface area (Å²) in [5, 5.41) is 38.8. The lowest BCUT2D eigenvalue weighted by Gasteiger charge is -2.48. The minimum atomic E-state index is -1.80. The summed E-state index contributed by atoms with van der Waals surface area (Å²) in [6, 6.07) is 11.2. The first-order valence-corrected chi connectivity index (χ1v) is 28.6. The third-order valence-corrected chi connectivity index (χ3v) is 17.7. The minimum Gasteiger partial charge on any atom is -0.459 e. The molecule has 3 fully saturated rings. The predicted octanol–water partition coefficient (Wildman–Crippen LogP) is 7.18. The third-order valence-electron chi connectivity index (χ3n) is 17.7. The number of cyclic esters (lactones) is 1. The lowest BCUT2D eigenvalue weighted by Crippen LogP contribution is -2.59. The number of methoxy groups -OCH3 is 1. The molecule has 0 bridgehead atoms. The lowest BCUT2D eigenvalue weighted by molar-refractivity contribution is -0.304.